The summed E-state index contributed by atoms with van der Waals surface area (Å²) in [6.07, 6.45) is -1.69. The van der Waals surface area contributed by atoms with Crippen molar-refractivity contribution in [2.45, 2.75) is 76.1 Å². The van der Waals surface area contributed by atoms with Crippen molar-refractivity contribution < 1.29 is 30.0 Å². The summed E-state index contributed by atoms with van der Waals surface area (Å²) in [7, 11) is 0. The number of ether oxygens (including phenoxy) is 1. The van der Waals surface area contributed by atoms with E-state index in [9.17, 15) is 25.2 Å². The van der Waals surface area contributed by atoms with E-state index in [-0.39, 0.29) is 5.75 Å². The third-order valence-electron chi connectivity index (χ3n) is 4.25. The topological polar surface area (TPSA) is 107 Å². The average Bonchev–Trinajstić information content (AvgIpc) is 2.44. The third-order valence-corrected chi connectivity index (χ3v) is 4.93. The Bertz CT molecular complexity index is 637. The van der Waals surface area contributed by atoms with E-state index in [0.717, 1.165) is 6.92 Å². The van der Waals surface area contributed by atoms with Crippen LogP contribution in [-0.2, 0) is 15.6 Å². The zero-order valence-electron chi connectivity index (χ0n) is 16.4. The fourth-order valence-electron chi connectivity index (χ4n) is 2.54. The Hall–Kier alpha value is -1.28. The van der Waals surface area contributed by atoms with Gasteiger partial charge in [-0.25, -0.2) is 4.79 Å². The average molecular weight is 387 g/mol. The molecule has 0 saturated heterocycles. The van der Waals surface area contributed by atoms with Gasteiger partial charge in [-0.3, -0.25) is 0 Å². The molecule has 0 saturated carbocycles. The zero-order chi connectivity index (χ0) is 20.7. The molecule has 6 nitrogen and oxygen atoms in total. The number of hydrogen-bond donors (Lipinski definition) is 5. The number of aliphatic hydroxyl groups is 3. The highest BCUT2D eigenvalue weighted by Crippen LogP contribution is 2.43. The Morgan fingerprint density at radius 3 is 1.69 bits per heavy atom. The molecule has 0 aromatic heterocycles. The molecule has 1 aromatic rings. The van der Waals surface area contributed by atoms with Gasteiger partial charge in [-0.15, -0.1) is 12.6 Å². The zero-order valence-corrected chi connectivity index (χ0v) is 17.3. The monoisotopic (exact) mass is 386 g/mol. The molecule has 0 spiro atoms. The molecule has 1 aromatic carbocycles. The standard InChI is InChI=1S/C19H30O6S/c1-11(20)19(24,26)18(23,15(21)22)25-14-12(16(2,3)4)9-8-10-13(14)17(5,6)7/h8-11,20,23-24,26H,1-7H3,(H,21,22). The van der Waals surface area contributed by atoms with Crippen molar-refractivity contribution in [1.82, 2.24) is 0 Å². The summed E-state index contributed by atoms with van der Waals surface area (Å²) >= 11 is 3.80. The molecule has 0 amide bonds. The van der Waals surface area contributed by atoms with E-state index in [2.05, 4.69) is 12.6 Å². The molecule has 148 valence electrons. The van der Waals surface area contributed by atoms with Gasteiger partial charge in [0.25, 0.3) is 0 Å². The van der Waals surface area contributed by atoms with Crippen molar-refractivity contribution in [2.75, 3.05) is 0 Å². The molecule has 0 heterocycles. The highest BCUT2D eigenvalue weighted by Gasteiger charge is 2.60. The van der Waals surface area contributed by atoms with E-state index >= 15 is 0 Å². The number of aliphatic carboxylic acids is 1. The van der Waals surface area contributed by atoms with E-state index in [0.29, 0.717) is 11.1 Å². The molecule has 26 heavy (non-hydrogen) atoms. The lowest BCUT2D eigenvalue weighted by Crippen LogP contribution is -2.65. The van der Waals surface area contributed by atoms with Crippen molar-refractivity contribution in [2.24, 2.45) is 0 Å². The van der Waals surface area contributed by atoms with Gasteiger partial charge in [-0.05, 0) is 28.9 Å². The van der Waals surface area contributed by atoms with Crippen LogP contribution in [0.2, 0.25) is 0 Å². The Morgan fingerprint density at radius 1 is 1.04 bits per heavy atom. The SMILES string of the molecule is CC(O)C(O)(S)C(O)(Oc1c(C(C)(C)C)cccc1C(C)(C)C)C(=O)O. The van der Waals surface area contributed by atoms with Crippen LogP contribution in [-0.4, -0.2) is 43.2 Å². The number of carboxylic acids is 1. The fraction of sp³-hybridized carbons (Fsp3) is 0.632. The third kappa shape index (κ3) is 4.17. The molecule has 3 unspecified atom stereocenters. The molecular weight excluding hydrogens is 356 g/mol. The van der Waals surface area contributed by atoms with Crippen LogP contribution in [0.15, 0.2) is 18.2 Å². The van der Waals surface area contributed by atoms with Crippen LogP contribution >= 0.6 is 12.6 Å². The van der Waals surface area contributed by atoms with Crippen molar-refractivity contribution >= 4 is 18.6 Å². The largest absolute Gasteiger partial charge is 0.476 e. The summed E-state index contributed by atoms with van der Waals surface area (Å²) < 4.78 is 5.57. The summed E-state index contributed by atoms with van der Waals surface area (Å²) in [6.45, 7) is 12.6. The molecule has 3 atom stereocenters. The first-order valence-corrected chi connectivity index (χ1v) is 8.82. The van der Waals surface area contributed by atoms with Crippen LogP contribution in [0.5, 0.6) is 5.75 Å². The maximum absolute atomic E-state index is 11.8. The first-order valence-electron chi connectivity index (χ1n) is 8.38. The number of aliphatic hydroxyl groups excluding tert-OH is 1. The molecule has 7 heteroatoms. The van der Waals surface area contributed by atoms with Crippen molar-refractivity contribution in [1.29, 1.82) is 0 Å². The number of hydrogen-bond acceptors (Lipinski definition) is 6. The lowest BCUT2D eigenvalue weighted by atomic mass is 9.79. The number of rotatable bonds is 5. The maximum Gasteiger partial charge on any atom is 0.381 e. The Kier molecular flexibility index (Phi) is 6.16. The van der Waals surface area contributed by atoms with Crippen molar-refractivity contribution in [3.05, 3.63) is 29.3 Å². The summed E-state index contributed by atoms with van der Waals surface area (Å²) in [5, 5.41) is 40.4. The van der Waals surface area contributed by atoms with E-state index in [4.69, 9.17) is 4.74 Å². The number of benzene rings is 1. The van der Waals surface area contributed by atoms with E-state index in [1.165, 1.54) is 0 Å². The van der Waals surface area contributed by atoms with Gasteiger partial charge in [0, 0.05) is 0 Å². The van der Waals surface area contributed by atoms with Gasteiger partial charge < -0.3 is 25.2 Å². The number of carboxylic acid groups (broad SMARTS) is 1. The summed E-state index contributed by atoms with van der Waals surface area (Å²) in [4.78, 5) is 9.05. The molecule has 0 fully saturated rings. The van der Waals surface area contributed by atoms with Crippen LogP contribution in [0.4, 0.5) is 0 Å². The predicted octanol–water partition coefficient (Wildman–Crippen LogP) is 2.43. The van der Waals surface area contributed by atoms with Gasteiger partial charge in [0.05, 0.1) is 6.10 Å². The number of para-hydroxylation sites is 1. The van der Waals surface area contributed by atoms with E-state index in [1.54, 1.807) is 12.1 Å². The quantitative estimate of drug-likeness (QED) is 0.393. The minimum absolute atomic E-state index is 0.144. The van der Waals surface area contributed by atoms with Crippen LogP contribution < -0.4 is 4.74 Å². The minimum Gasteiger partial charge on any atom is -0.476 e. The first-order chi connectivity index (χ1) is 11.5. The van der Waals surface area contributed by atoms with Gasteiger partial charge in [-0.1, -0.05) is 59.7 Å². The van der Waals surface area contributed by atoms with Crippen LogP contribution in [0.1, 0.15) is 59.6 Å². The first kappa shape index (κ1) is 22.8. The van der Waals surface area contributed by atoms with Crippen molar-refractivity contribution in [3.8, 4) is 5.75 Å². The van der Waals surface area contributed by atoms with Gasteiger partial charge >= 0.3 is 11.8 Å². The molecule has 0 aliphatic rings. The second-order valence-corrected chi connectivity index (χ2v) is 9.32. The van der Waals surface area contributed by atoms with Crippen LogP contribution in [0.3, 0.4) is 0 Å². The molecule has 4 N–H and O–H groups in total. The van der Waals surface area contributed by atoms with Crippen LogP contribution in [0, 0.1) is 0 Å². The molecule has 0 radical (unpaired) electrons. The fourth-order valence-corrected chi connectivity index (χ4v) is 2.68. The molecule has 0 bridgehead atoms. The van der Waals surface area contributed by atoms with Crippen LogP contribution in [0.25, 0.3) is 0 Å². The summed E-state index contributed by atoms with van der Waals surface area (Å²) in [5.41, 5.74) is 0.434. The van der Waals surface area contributed by atoms with Gasteiger partial charge in [0.15, 0.2) is 0 Å². The summed E-state index contributed by atoms with van der Waals surface area (Å²) in [6, 6.07) is 5.37. The molecule has 0 aliphatic carbocycles. The second-order valence-electron chi connectivity index (χ2n) is 8.64. The second kappa shape index (κ2) is 7.03. The smallest absolute Gasteiger partial charge is 0.381 e. The Balaban J connectivity index is 3.76. The number of carbonyl (C=O) groups is 1. The van der Waals surface area contributed by atoms with Crippen molar-refractivity contribution in [3.63, 3.8) is 0 Å². The lowest BCUT2D eigenvalue weighted by molar-refractivity contribution is -0.249. The van der Waals surface area contributed by atoms with E-state index in [1.807, 2.05) is 47.6 Å². The van der Waals surface area contributed by atoms with Gasteiger partial charge in [0.1, 0.15) is 5.75 Å². The molecular formula is C19H30O6S. The Labute approximate surface area is 160 Å². The summed E-state index contributed by atoms with van der Waals surface area (Å²) in [5.74, 6) is -4.89. The van der Waals surface area contributed by atoms with E-state index < -0.39 is 33.6 Å². The molecule has 0 aliphatic heterocycles. The molecule has 1 rings (SSSR count). The van der Waals surface area contributed by atoms with Gasteiger partial charge in [0.2, 0.25) is 4.93 Å². The Morgan fingerprint density at radius 2 is 1.42 bits per heavy atom. The highest BCUT2D eigenvalue weighted by molar-refractivity contribution is 7.81. The predicted molar refractivity (Wildman–Crippen MR) is 103 cm³/mol. The normalized spacial score (nSPS) is 18.6. The lowest BCUT2D eigenvalue weighted by Gasteiger charge is -2.40. The van der Waals surface area contributed by atoms with Gasteiger partial charge in [-0.2, -0.15) is 0 Å². The minimum atomic E-state index is -3.17. The maximum atomic E-state index is 11.8. The number of thiol groups is 1. The highest BCUT2D eigenvalue weighted by atomic mass is 32.1.